The predicted octanol–water partition coefficient (Wildman–Crippen LogP) is 6.99. The van der Waals surface area contributed by atoms with Crippen molar-refractivity contribution in [3.05, 3.63) is 0 Å². The van der Waals surface area contributed by atoms with Gasteiger partial charge in [0.15, 0.2) is 0 Å². The van der Waals surface area contributed by atoms with Crippen molar-refractivity contribution in [1.82, 2.24) is 0 Å². The Bertz CT molecular complexity index is 264. The summed E-state index contributed by atoms with van der Waals surface area (Å²) in [7, 11) is 0. The third kappa shape index (κ3) is 16.6. The molecule has 1 N–H and O–H groups in total. The van der Waals surface area contributed by atoms with Gasteiger partial charge in [0.1, 0.15) is 0 Å². The molecular formula is C19H37IO2. The van der Waals surface area contributed by atoms with E-state index in [1.54, 1.807) is 0 Å². The Morgan fingerprint density at radius 3 is 1.50 bits per heavy atom. The van der Waals surface area contributed by atoms with Gasteiger partial charge in [-0.15, -0.1) is 0 Å². The quantitative estimate of drug-likeness (QED) is 0.165. The van der Waals surface area contributed by atoms with E-state index >= 15 is 0 Å². The van der Waals surface area contributed by atoms with Gasteiger partial charge in [0.05, 0.1) is 6.42 Å². The van der Waals surface area contributed by atoms with Gasteiger partial charge in [-0.3, -0.25) is 4.79 Å². The minimum absolute atomic E-state index is 0.0386. The Labute approximate surface area is 152 Å². The molecule has 0 saturated heterocycles. The van der Waals surface area contributed by atoms with Gasteiger partial charge in [0.2, 0.25) is 0 Å². The molecule has 0 aromatic rings. The van der Waals surface area contributed by atoms with Gasteiger partial charge in [0, 0.05) is 0 Å². The first-order chi connectivity index (χ1) is 10.5. The van der Waals surface area contributed by atoms with Gasteiger partial charge in [-0.2, -0.15) is 0 Å². The number of alkyl halides is 1. The fourth-order valence-corrected chi connectivity index (χ4v) is 3.50. The number of carbonyl (C=O) groups is 1. The third-order valence-electron chi connectivity index (χ3n) is 4.37. The molecule has 0 aromatic carbocycles. The minimum Gasteiger partial charge on any atom is -0.481 e. The largest absolute Gasteiger partial charge is 0.481 e. The standard InChI is InChI=1S/C19H37IO2/c1-19(2,17-18(21)22)15-13-11-9-7-5-3-4-6-8-10-12-14-16-20/h3-17H2,1-2H3,(H,21,22)/i20-2. The average molecular weight is 422 g/mol. The molecule has 22 heavy (non-hydrogen) atoms. The van der Waals surface area contributed by atoms with E-state index < -0.39 is 5.97 Å². The molecule has 0 bridgehead atoms. The molecule has 0 heterocycles. The summed E-state index contributed by atoms with van der Waals surface area (Å²) in [6.45, 7) is 4.14. The molecule has 0 radical (unpaired) electrons. The molecule has 3 heteroatoms. The van der Waals surface area contributed by atoms with Gasteiger partial charge < -0.3 is 5.11 Å². The third-order valence-corrected chi connectivity index (χ3v) is 5.13. The summed E-state index contributed by atoms with van der Waals surface area (Å²) >= 11 is 2.46. The van der Waals surface area contributed by atoms with Crippen molar-refractivity contribution >= 4 is 28.6 Å². The number of carboxylic acids is 1. The number of unbranched alkanes of at least 4 members (excludes halogenated alkanes) is 11. The highest BCUT2D eigenvalue weighted by molar-refractivity contribution is 14.1. The van der Waals surface area contributed by atoms with Gasteiger partial charge in [-0.05, 0) is 22.7 Å². The first-order valence-corrected chi connectivity index (χ1v) is 10.8. The fourth-order valence-electron chi connectivity index (χ4n) is 2.96. The van der Waals surface area contributed by atoms with Crippen molar-refractivity contribution in [3.8, 4) is 0 Å². The first kappa shape index (κ1) is 22.2. The van der Waals surface area contributed by atoms with Gasteiger partial charge >= 0.3 is 5.97 Å². The van der Waals surface area contributed by atoms with Crippen molar-refractivity contribution in [2.45, 2.75) is 104 Å². The molecule has 0 atom stereocenters. The zero-order chi connectivity index (χ0) is 16.7. The summed E-state index contributed by atoms with van der Waals surface area (Å²) in [6, 6.07) is 0. The van der Waals surface area contributed by atoms with E-state index in [-0.39, 0.29) is 5.41 Å². The van der Waals surface area contributed by atoms with Crippen LogP contribution in [0.25, 0.3) is 0 Å². The van der Waals surface area contributed by atoms with E-state index in [1.165, 1.54) is 81.5 Å². The molecule has 0 amide bonds. The first-order valence-electron chi connectivity index (χ1n) is 9.26. The van der Waals surface area contributed by atoms with Crippen LogP contribution in [0.1, 0.15) is 104 Å². The van der Waals surface area contributed by atoms with E-state index in [1.807, 2.05) is 0 Å². The van der Waals surface area contributed by atoms with Crippen molar-refractivity contribution in [3.63, 3.8) is 0 Å². The van der Waals surface area contributed by atoms with E-state index in [2.05, 4.69) is 36.4 Å². The maximum Gasteiger partial charge on any atom is 0.303 e. The Kier molecular flexibility index (Phi) is 14.9. The molecule has 0 unspecified atom stereocenters. The van der Waals surface area contributed by atoms with Gasteiger partial charge in [-0.1, -0.05) is 107 Å². The topological polar surface area (TPSA) is 37.3 Å². The molecule has 0 aliphatic heterocycles. The maximum atomic E-state index is 10.7. The fraction of sp³-hybridized carbons (Fsp3) is 0.947. The van der Waals surface area contributed by atoms with E-state index in [4.69, 9.17) is 5.11 Å². The lowest BCUT2D eigenvalue weighted by atomic mass is 9.83. The molecule has 0 aliphatic carbocycles. The zero-order valence-electron chi connectivity index (χ0n) is 14.8. The second-order valence-electron chi connectivity index (χ2n) is 7.42. The molecule has 132 valence electrons. The molecule has 0 aliphatic rings. The average Bonchev–Trinajstić information content (AvgIpc) is 2.42. The van der Waals surface area contributed by atoms with Crippen molar-refractivity contribution in [2.24, 2.45) is 5.41 Å². The van der Waals surface area contributed by atoms with Crippen LogP contribution >= 0.6 is 22.6 Å². The molecule has 0 spiro atoms. The molecule has 0 fully saturated rings. The van der Waals surface area contributed by atoms with Crippen LogP contribution < -0.4 is 0 Å². The summed E-state index contributed by atoms with van der Waals surface area (Å²) in [6.07, 6.45) is 17.7. The number of hydrogen-bond acceptors (Lipinski definition) is 1. The van der Waals surface area contributed by atoms with Crippen LogP contribution in [0.4, 0.5) is 0 Å². The number of aliphatic carboxylic acids is 1. The number of carboxylic acid groups (broad SMARTS) is 1. The number of rotatable bonds is 16. The predicted molar refractivity (Wildman–Crippen MR) is 105 cm³/mol. The molecule has 0 aromatic heterocycles. The van der Waals surface area contributed by atoms with Crippen LogP contribution in [0.3, 0.4) is 0 Å². The van der Waals surface area contributed by atoms with Crippen LogP contribution in [0.5, 0.6) is 0 Å². The Balaban J connectivity index is 3.22. The minimum atomic E-state index is -0.667. The maximum absolute atomic E-state index is 10.7. The molecule has 0 rings (SSSR count). The lowest BCUT2D eigenvalue weighted by Crippen LogP contribution is -2.16. The van der Waals surface area contributed by atoms with Crippen LogP contribution in [0, 0.1) is 5.41 Å². The summed E-state index contributed by atoms with van der Waals surface area (Å²) in [5.41, 5.74) is -0.0386. The highest BCUT2D eigenvalue weighted by atomic mass is 125. The molecular weight excluding hydrogens is 385 g/mol. The van der Waals surface area contributed by atoms with Crippen molar-refractivity contribution in [1.29, 1.82) is 0 Å². The number of hydrogen-bond donors (Lipinski definition) is 1. The second kappa shape index (κ2) is 14.8. The van der Waals surface area contributed by atoms with E-state index in [9.17, 15) is 4.79 Å². The second-order valence-corrected chi connectivity index (χ2v) is 8.50. The summed E-state index contributed by atoms with van der Waals surface area (Å²) in [5.74, 6) is -0.667. The summed E-state index contributed by atoms with van der Waals surface area (Å²) in [4.78, 5) is 10.7. The van der Waals surface area contributed by atoms with Crippen molar-refractivity contribution < 1.29 is 9.90 Å². The van der Waals surface area contributed by atoms with Crippen molar-refractivity contribution in [2.75, 3.05) is 4.43 Å². The SMILES string of the molecule is CC(C)(CCCCCCCCCCCCCC[125I])CC(=O)O. The van der Waals surface area contributed by atoms with Gasteiger partial charge in [0.25, 0.3) is 0 Å². The van der Waals surface area contributed by atoms with E-state index in [0.717, 1.165) is 6.42 Å². The summed E-state index contributed by atoms with van der Waals surface area (Å²) in [5, 5.41) is 8.85. The van der Waals surface area contributed by atoms with Crippen LogP contribution in [-0.2, 0) is 4.79 Å². The molecule has 2 nitrogen and oxygen atoms in total. The van der Waals surface area contributed by atoms with Crippen LogP contribution in [0.2, 0.25) is 0 Å². The Morgan fingerprint density at radius 1 is 0.773 bits per heavy atom. The summed E-state index contributed by atoms with van der Waals surface area (Å²) < 4.78 is 1.31. The zero-order valence-corrected chi connectivity index (χ0v) is 17.0. The molecule has 0 saturated carbocycles. The lowest BCUT2D eigenvalue weighted by molar-refractivity contribution is -0.139. The number of halogens is 1. The van der Waals surface area contributed by atoms with Gasteiger partial charge in [-0.25, -0.2) is 0 Å². The van der Waals surface area contributed by atoms with Crippen LogP contribution in [0.15, 0.2) is 0 Å². The highest BCUT2D eigenvalue weighted by Crippen LogP contribution is 2.28. The highest BCUT2D eigenvalue weighted by Gasteiger charge is 2.20. The van der Waals surface area contributed by atoms with E-state index in [0.29, 0.717) is 6.42 Å². The monoisotopic (exact) mass is 422 g/mol. The lowest BCUT2D eigenvalue weighted by Gasteiger charge is -2.21. The smallest absolute Gasteiger partial charge is 0.303 e. The van der Waals surface area contributed by atoms with Crippen LogP contribution in [-0.4, -0.2) is 15.5 Å². The normalized spacial score (nSPS) is 11.8. The Morgan fingerprint density at radius 2 is 1.14 bits per heavy atom. The Hall–Kier alpha value is 0.200.